The molecule has 2 amide bonds. The lowest BCUT2D eigenvalue weighted by Crippen LogP contribution is -2.34. The second-order valence-corrected chi connectivity index (χ2v) is 8.85. The van der Waals surface area contributed by atoms with Crippen LogP contribution in [0.5, 0.6) is 5.75 Å². The maximum atomic E-state index is 13.4. The minimum atomic E-state index is -0.556. The molecule has 0 bridgehead atoms. The van der Waals surface area contributed by atoms with Crippen LogP contribution in [0.4, 0.5) is 11.4 Å². The molecule has 1 aliphatic rings. The van der Waals surface area contributed by atoms with Gasteiger partial charge in [-0.05, 0) is 44.5 Å². The molecule has 0 aliphatic carbocycles. The number of hydrogen-bond acceptors (Lipinski definition) is 4. The molecule has 0 fully saturated rings. The van der Waals surface area contributed by atoms with E-state index in [1.165, 1.54) is 5.56 Å². The summed E-state index contributed by atoms with van der Waals surface area (Å²) in [6.07, 6.45) is 1.22. The zero-order valence-corrected chi connectivity index (χ0v) is 19.8. The molecular formula is C28H26N4O3. The van der Waals surface area contributed by atoms with E-state index in [9.17, 15) is 9.59 Å². The minimum absolute atomic E-state index is 0.222. The topological polar surface area (TPSA) is 85.2 Å². The highest BCUT2D eigenvalue weighted by Gasteiger charge is 2.24. The van der Waals surface area contributed by atoms with Crippen molar-refractivity contribution in [3.05, 3.63) is 95.2 Å². The Bertz CT molecular complexity index is 1410. The third kappa shape index (κ3) is 4.80. The molecule has 1 unspecified atom stereocenters. The first-order chi connectivity index (χ1) is 16.9. The summed E-state index contributed by atoms with van der Waals surface area (Å²) in [6, 6.07) is 21.4. The van der Waals surface area contributed by atoms with Crippen LogP contribution in [0.25, 0.3) is 11.3 Å². The third-order valence-electron chi connectivity index (χ3n) is 5.96. The number of aryl methyl sites for hydroxylation is 2. The van der Waals surface area contributed by atoms with Crippen LogP contribution >= 0.6 is 0 Å². The van der Waals surface area contributed by atoms with E-state index >= 15 is 0 Å². The average Bonchev–Trinajstić information content (AvgIpc) is 3.26. The Balaban J connectivity index is 1.45. The zero-order valence-electron chi connectivity index (χ0n) is 19.8. The summed E-state index contributed by atoms with van der Waals surface area (Å²) in [5, 5.41) is 10.5. The first kappa shape index (κ1) is 22.4. The van der Waals surface area contributed by atoms with Gasteiger partial charge in [-0.25, -0.2) is 0 Å². The molecule has 7 nitrogen and oxygen atoms in total. The van der Waals surface area contributed by atoms with Crippen LogP contribution in [0.2, 0.25) is 0 Å². The molecular weight excluding hydrogens is 440 g/mol. The summed E-state index contributed by atoms with van der Waals surface area (Å²) in [5.74, 6) is 0.0634. The van der Waals surface area contributed by atoms with Gasteiger partial charge in [0, 0.05) is 17.4 Å². The molecule has 35 heavy (non-hydrogen) atoms. The Labute approximate surface area is 203 Å². The van der Waals surface area contributed by atoms with Crippen LogP contribution in [0.1, 0.15) is 34.0 Å². The number of ether oxygens (including phenoxy) is 1. The quantitative estimate of drug-likeness (QED) is 0.424. The van der Waals surface area contributed by atoms with Crippen LogP contribution < -0.4 is 15.4 Å². The van der Waals surface area contributed by atoms with Gasteiger partial charge in [0.2, 0.25) is 0 Å². The highest BCUT2D eigenvalue weighted by molar-refractivity contribution is 6.08. The van der Waals surface area contributed by atoms with Gasteiger partial charge in [-0.2, -0.15) is 5.10 Å². The maximum Gasteiger partial charge on any atom is 0.265 e. The van der Waals surface area contributed by atoms with Crippen LogP contribution in [0, 0.1) is 13.8 Å². The lowest BCUT2D eigenvalue weighted by atomic mass is 10.1. The number of nitrogens with zero attached hydrogens (tertiary/aromatic N) is 2. The minimum Gasteiger partial charge on any atom is -0.479 e. The van der Waals surface area contributed by atoms with Gasteiger partial charge in [0.25, 0.3) is 11.8 Å². The van der Waals surface area contributed by atoms with E-state index in [-0.39, 0.29) is 11.8 Å². The molecule has 2 N–H and O–H groups in total. The van der Waals surface area contributed by atoms with Gasteiger partial charge in [-0.1, -0.05) is 59.7 Å². The predicted octanol–water partition coefficient (Wildman–Crippen LogP) is 5.19. The first-order valence-corrected chi connectivity index (χ1v) is 11.5. The number of hydrogen-bond donors (Lipinski definition) is 2. The molecule has 1 aliphatic heterocycles. The Kier molecular flexibility index (Phi) is 5.82. The normalized spacial score (nSPS) is 14.6. The van der Waals surface area contributed by atoms with E-state index in [1.54, 1.807) is 36.0 Å². The Morgan fingerprint density at radius 2 is 1.71 bits per heavy atom. The van der Waals surface area contributed by atoms with E-state index in [4.69, 9.17) is 9.84 Å². The van der Waals surface area contributed by atoms with Crippen molar-refractivity contribution in [2.75, 3.05) is 10.6 Å². The van der Waals surface area contributed by atoms with Gasteiger partial charge in [-0.3, -0.25) is 14.3 Å². The third-order valence-corrected chi connectivity index (χ3v) is 5.96. The molecule has 5 rings (SSSR count). The lowest BCUT2D eigenvalue weighted by molar-refractivity contribution is -0.122. The van der Waals surface area contributed by atoms with E-state index in [1.807, 2.05) is 31.2 Å². The van der Waals surface area contributed by atoms with Crippen molar-refractivity contribution in [3.63, 3.8) is 0 Å². The monoisotopic (exact) mass is 466 g/mol. The van der Waals surface area contributed by atoms with Crippen molar-refractivity contribution in [2.45, 2.75) is 33.4 Å². The van der Waals surface area contributed by atoms with E-state index < -0.39 is 6.10 Å². The van der Waals surface area contributed by atoms with Crippen molar-refractivity contribution >= 4 is 23.2 Å². The molecule has 0 radical (unpaired) electrons. The number of fused-ring (bicyclic) bond motifs is 1. The molecule has 0 saturated carbocycles. The Morgan fingerprint density at radius 1 is 1.03 bits per heavy atom. The molecule has 1 aromatic heterocycles. The summed E-state index contributed by atoms with van der Waals surface area (Å²) in [6.45, 7) is 6.31. The lowest BCUT2D eigenvalue weighted by Gasteiger charge is -2.23. The second kappa shape index (κ2) is 9.10. The average molecular weight is 467 g/mol. The molecule has 176 valence electrons. The van der Waals surface area contributed by atoms with E-state index in [0.29, 0.717) is 34.9 Å². The second-order valence-electron chi connectivity index (χ2n) is 8.85. The summed E-state index contributed by atoms with van der Waals surface area (Å²) in [4.78, 5) is 25.4. The fraction of sp³-hybridized carbons (Fsp3) is 0.179. The molecule has 1 atom stereocenters. The van der Waals surface area contributed by atoms with Crippen molar-refractivity contribution in [2.24, 2.45) is 0 Å². The first-order valence-electron chi connectivity index (χ1n) is 11.5. The largest absolute Gasteiger partial charge is 0.479 e. The molecule has 0 saturated heterocycles. The van der Waals surface area contributed by atoms with Crippen molar-refractivity contribution < 1.29 is 14.3 Å². The van der Waals surface area contributed by atoms with Gasteiger partial charge in [0.1, 0.15) is 11.4 Å². The maximum absolute atomic E-state index is 13.4. The number of rotatable bonds is 5. The molecule has 3 aromatic carbocycles. The fourth-order valence-corrected chi connectivity index (χ4v) is 3.96. The van der Waals surface area contributed by atoms with Crippen LogP contribution in [0.3, 0.4) is 0 Å². The predicted molar refractivity (Wildman–Crippen MR) is 136 cm³/mol. The summed E-state index contributed by atoms with van der Waals surface area (Å²) >= 11 is 0. The summed E-state index contributed by atoms with van der Waals surface area (Å²) < 4.78 is 7.39. The van der Waals surface area contributed by atoms with Crippen molar-refractivity contribution in [1.29, 1.82) is 0 Å². The number of aromatic nitrogens is 2. The number of carbonyl (C=O) groups excluding carboxylic acids is 2. The standard InChI is InChI=1S/C28H26N4O3/c1-17-4-8-20(9-5-17)15-32-16-23(26(31-32)21-10-6-18(2)7-11-21)28(34)29-22-12-13-25-24(14-22)30-27(33)19(3)35-25/h4-14,16,19H,15H2,1-3H3,(H,29,34)(H,30,33). The molecule has 0 spiro atoms. The van der Waals surface area contributed by atoms with E-state index in [2.05, 4.69) is 41.8 Å². The number of anilines is 2. The van der Waals surface area contributed by atoms with Crippen LogP contribution in [-0.2, 0) is 11.3 Å². The number of nitrogens with one attached hydrogen (secondary N) is 2. The number of amides is 2. The molecule has 4 aromatic rings. The zero-order chi connectivity index (χ0) is 24.5. The fourth-order valence-electron chi connectivity index (χ4n) is 3.96. The van der Waals surface area contributed by atoms with Crippen molar-refractivity contribution in [3.8, 4) is 17.0 Å². The van der Waals surface area contributed by atoms with Gasteiger partial charge >= 0.3 is 0 Å². The van der Waals surface area contributed by atoms with Gasteiger partial charge in [0.15, 0.2) is 6.10 Å². The number of carbonyl (C=O) groups is 2. The Hall–Kier alpha value is -4.39. The smallest absolute Gasteiger partial charge is 0.265 e. The summed E-state index contributed by atoms with van der Waals surface area (Å²) in [5.41, 5.74) is 6.43. The highest BCUT2D eigenvalue weighted by atomic mass is 16.5. The van der Waals surface area contributed by atoms with Gasteiger partial charge in [0.05, 0.1) is 17.8 Å². The summed E-state index contributed by atoms with van der Waals surface area (Å²) in [7, 11) is 0. The number of benzene rings is 3. The van der Waals surface area contributed by atoms with E-state index in [0.717, 1.165) is 16.7 Å². The molecule has 7 heteroatoms. The van der Waals surface area contributed by atoms with Gasteiger partial charge in [-0.15, -0.1) is 0 Å². The molecule has 2 heterocycles. The van der Waals surface area contributed by atoms with Crippen LogP contribution in [0.15, 0.2) is 72.9 Å². The highest BCUT2D eigenvalue weighted by Crippen LogP contribution is 2.32. The van der Waals surface area contributed by atoms with Crippen LogP contribution in [-0.4, -0.2) is 27.7 Å². The Morgan fingerprint density at radius 3 is 2.43 bits per heavy atom. The van der Waals surface area contributed by atoms with Gasteiger partial charge < -0.3 is 15.4 Å². The SMILES string of the molecule is Cc1ccc(Cn2cc(C(=O)Nc3ccc4c(c3)NC(=O)C(C)O4)c(-c3ccc(C)cc3)n2)cc1. The van der Waals surface area contributed by atoms with Crippen molar-refractivity contribution in [1.82, 2.24) is 9.78 Å².